The molecule has 38 heavy (non-hydrogen) atoms. The van der Waals surface area contributed by atoms with E-state index in [0.29, 0.717) is 48.8 Å². The zero-order valence-electron chi connectivity index (χ0n) is 20.7. The number of alkyl halides is 1. The smallest absolute Gasteiger partial charge is 0.309 e. The zero-order chi connectivity index (χ0) is 27.4. The highest BCUT2D eigenvalue weighted by molar-refractivity contribution is 7.99. The third-order valence-corrected chi connectivity index (χ3v) is 8.21. The molecule has 0 saturated carbocycles. The second kappa shape index (κ2) is 11.9. The number of carbonyl (C=O) groups is 1. The molecule has 2 aromatic carbocycles. The molecule has 1 aliphatic heterocycles. The average molecular weight is 555 g/mol. The fraction of sp³-hybridized carbons (Fsp3) is 0.407. The first-order valence-corrected chi connectivity index (χ1v) is 13.1. The van der Waals surface area contributed by atoms with Gasteiger partial charge in [0, 0.05) is 35.4 Å². The number of hydrogen-bond donors (Lipinski definition) is 1. The van der Waals surface area contributed by atoms with E-state index < -0.39 is 40.8 Å². The van der Waals surface area contributed by atoms with Crippen LogP contribution in [0.3, 0.4) is 0 Å². The molecule has 1 N–H and O–H groups in total. The lowest BCUT2D eigenvalue weighted by atomic mass is 9.74. The van der Waals surface area contributed by atoms with Crippen LogP contribution < -0.4 is 4.74 Å². The molecule has 1 aliphatic rings. The number of aliphatic carboxylic acids is 1. The highest BCUT2D eigenvalue weighted by Crippen LogP contribution is 2.41. The van der Waals surface area contributed by atoms with Crippen LogP contribution in [0.15, 0.2) is 41.4 Å². The van der Waals surface area contributed by atoms with Gasteiger partial charge in [0.2, 0.25) is 0 Å². The summed E-state index contributed by atoms with van der Waals surface area (Å²) >= 11 is 0.925. The van der Waals surface area contributed by atoms with E-state index in [4.69, 9.17) is 4.74 Å². The molecule has 0 aliphatic carbocycles. The molecular weight excluding hydrogens is 527 g/mol. The van der Waals surface area contributed by atoms with Crippen molar-refractivity contribution in [2.75, 3.05) is 32.5 Å². The molecule has 1 aromatic heterocycles. The number of benzene rings is 2. The van der Waals surface area contributed by atoms with Gasteiger partial charge >= 0.3 is 5.97 Å². The summed E-state index contributed by atoms with van der Waals surface area (Å²) in [6.07, 6.45) is -0.425. The number of methoxy groups -OCH3 is 1. The van der Waals surface area contributed by atoms with Crippen LogP contribution in [0.1, 0.15) is 37.4 Å². The summed E-state index contributed by atoms with van der Waals surface area (Å²) in [5, 5.41) is 10.3. The summed E-state index contributed by atoms with van der Waals surface area (Å²) < 4.78 is 76.1. The number of halogens is 5. The van der Waals surface area contributed by atoms with Crippen LogP contribution in [0, 0.1) is 28.7 Å². The fourth-order valence-corrected chi connectivity index (χ4v) is 5.83. The Bertz CT molecular complexity index is 1290. The number of fused-ring (bicyclic) bond motifs is 1. The number of carboxylic acids is 1. The minimum absolute atomic E-state index is 0.0192. The van der Waals surface area contributed by atoms with Crippen molar-refractivity contribution in [3.05, 3.63) is 65.4 Å². The number of pyridine rings is 1. The van der Waals surface area contributed by atoms with E-state index in [1.54, 1.807) is 12.1 Å². The lowest BCUT2D eigenvalue weighted by Crippen LogP contribution is -2.45. The van der Waals surface area contributed by atoms with Gasteiger partial charge in [-0.2, -0.15) is 0 Å². The molecule has 1 fully saturated rings. The van der Waals surface area contributed by atoms with Crippen molar-refractivity contribution in [3.8, 4) is 5.75 Å². The van der Waals surface area contributed by atoms with Crippen LogP contribution >= 0.6 is 11.8 Å². The Hall–Kier alpha value is -2.92. The van der Waals surface area contributed by atoms with Crippen LogP contribution in [0.25, 0.3) is 10.9 Å². The maximum absolute atomic E-state index is 15.4. The Balaban J connectivity index is 1.37. The Morgan fingerprint density at radius 1 is 1.13 bits per heavy atom. The highest BCUT2D eigenvalue weighted by Gasteiger charge is 2.42. The molecule has 4 rings (SSSR count). The van der Waals surface area contributed by atoms with E-state index in [-0.39, 0.29) is 41.5 Å². The summed E-state index contributed by atoms with van der Waals surface area (Å²) in [7, 11) is 1.45. The molecule has 204 valence electrons. The molecule has 1 saturated heterocycles. The summed E-state index contributed by atoms with van der Waals surface area (Å²) in [6, 6.07) is 6.02. The minimum Gasteiger partial charge on any atom is -0.497 e. The number of nitrogens with zero attached hydrogens (tertiary/aromatic N) is 2. The van der Waals surface area contributed by atoms with Gasteiger partial charge < -0.3 is 14.7 Å². The van der Waals surface area contributed by atoms with Gasteiger partial charge in [-0.25, -0.2) is 22.0 Å². The number of aromatic nitrogens is 1. The fourth-order valence-electron chi connectivity index (χ4n) is 4.88. The van der Waals surface area contributed by atoms with Crippen LogP contribution in [-0.4, -0.2) is 53.5 Å². The largest absolute Gasteiger partial charge is 0.497 e. The van der Waals surface area contributed by atoms with Crippen molar-refractivity contribution < 1.29 is 36.6 Å². The molecule has 0 amide bonds. The Morgan fingerprint density at radius 3 is 2.45 bits per heavy atom. The first-order valence-electron chi connectivity index (χ1n) is 12.1. The third-order valence-electron chi connectivity index (χ3n) is 7.14. The van der Waals surface area contributed by atoms with Crippen LogP contribution in [0.2, 0.25) is 0 Å². The Morgan fingerprint density at radius 2 is 1.82 bits per heavy atom. The SMILES string of the molecule is COc1ccc2ncc(F)c([C@H](F)CCC3(C(=O)O)CCN(CCSc4c(F)cc(F)cc4F)CC3)c2c1. The predicted molar refractivity (Wildman–Crippen MR) is 134 cm³/mol. The van der Waals surface area contributed by atoms with Gasteiger partial charge in [0.15, 0.2) is 0 Å². The topological polar surface area (TPSA) is 62.7 Å². The molecule has 5 nitrogen and oxygen atoms in total. The van der Waals surface area contributed by atoms with Gasteiger partial charge in [0.25, 0.3) is 0 Å². The van der Waals surface area contributed by atoms with Gasteiger partial charge in [-0.15, -0.1) is 11.8 Å². The normalized spacial score (nSPS) is 16.5. The summed E-state index contributed by atoms with van der Waals surface area (Å²) in [5.41, 5.74) is -0.922. The van der Waals surface area contributed by atoms with Crippen molar-refractivity contribution in [3.63, 3.8) is 0 Å². The van der Waals surface area contributed by atoms with E-state index in [1.807, 2.05) is 4.90 Å². The first-order chi connectivity index (χ1) is 18.1. The monoisotopic (exact) mass is 554 g/mol. The predicted octanol–water partition coefficient (Wildman–Crippen LogP) is 6.55. The molecule has 2 heterocycles. The lowest BCUT2D eigenvalue weighted by molar-refractivity contribution is -0.153. The number of hydrogen-bond acceptors (Lipinski definition) is 5. The lowest BCUT2D eigenvalue weighted by Gasteiger charge is -2.39. The quantitative estimate of drug-likeness (QED) is 0.227. The first kappa shape index (κ1) is 28.1. The minimum atomic E-state index is -1.74. The molecule has 0 spiro atoms. The number of likely N-dealkylation sites (tertiary alicyclic amines) is 1. The van der Waals surface area contributed by atoms with Crippen molar-refractivity contribution in [1.29, 1.82) is 0 Å². The van der Waals surface area contributed by atoms with Crippen LogP contribution in [0.5, 0.6) is 5.75 Å². The van der Waals surface area contributed by atoms with Crippen molar-refractivity contribution in [2.24, 2.45) is 5.41 Å². The number of carboxylic acid groups (broad SMARTS) is 1. The van der Waals surface area contributed by atoms with Crippen LogP contribution in [-0.2, 0) is 4.79 Å². The maximum Gasteiger partial charge on any atom is 0.309 e. The van der Waals surface area contributed by atoms with Gasteiger partial charge in [0.1, 0.15) is 35.2 Å². The molecule has 3 aromatic rings. The number of thioether (sulfide) groups is 1. The number of ether oxygens (including phenoxy) is 1. The van der Waals surface area contributed by atoms with Gasteiger partial charge in [-0.3, -0.25) is 9.78 Å². The van der Waals surface area contributed by atoms with E-state index in [9.17, 15) is 27.5 Å². The average Bonchev–Trinajstić information content (AvgIpc) is 2.89. The zero-order valence-corrected chi connectivity index (χ0v) is 21.5. The standard InChI is InChI=1S/C27H27F5N2O3S/c1-37-17-2-3-23-18(14-17)24(22(32)15-33-23)19(29)4-5-27(26(35)36)6-8-34(9-7-27)10-11-38-25-20(30)12-16(28)13-21(25)31/h2-3,12-15,19H,4-11H2,1H3,(H,35,36)/t19-/m1/s1. The molecule has 0 unspecified atom stereocenters. The van der Waals surface area contributed by atoms with Crippen molar-refractivity contribution in [2.45, 2.75) is 36.8 Å². The second-order valence-corrected chi connectivity index (χ2v) is 10.5. The summed E-state index contributed by atoms with van der Waals surface area (Å²) in [4.78, 5) is 18.0. The van der Waals surface area contributed by atoms with E-state index in [2.05, 4.69) is 4.98 Å². The summed E-state index contributed by atoms with van der Waals surface area (Å²) in [5.74, 6) is -4.00. The highest BCUT2D eigenvalue weighted by atomic mass is 32.2. The Labute approximate surface area is 221 Å². The molecular formula is C27H27F5N2O3S. The molecule has 0 bridgehead atoms. The molecule has 0 radical (unpaired) electrons. The maximum atomic E-state index is 15.4. The van der Waals surface area contributed by atoms with Gasteiger partial charge in [0.05, 0.1) is 29.1 Å². The van der Waals surface area contributed by atoms with Crippen molar-refractivity contribution in [1.82, 2.24) is 9.88 Å². The Kier molecular flexibility index (Phi) is 8.77. The second-order valence-electron chi connectivity index (χ2n) is 9.38. The van der Waals surface area contributed by atoms with Crippen LogP contribution in [0.4, 0.5) is 22.0 Å². The number of rotatable bonds is 10. The van der Waals surface area contributed by atoms with Gasteiger partial charge in [-0.05, 0) is 57.0 Å². The van der Waals surface area contributed by atoms with E-state index in [0.717, 1.165) is 18.0 Å². The van der Waals surface area contributed by atoms with Crippen molar-refractivity contribution >= 4 is 28.6 Å². The molecule has 1 atom stereocenters. The van der Waals surface area contributed by atoms with Gasteiger partial charge in [-0.1, -0.05) is 0 Å². The van der Waals surface area contributed by atoms with E-state index >= 15 is 4.39 Å². The molecule has 11 heteroatoms. The third kappa shape index (κ3) is 6.04. The summed E-state index contributed by atoms with van der Waals surface area (Å²) in [6.45, 7) is 1.25. The van der Waals surface area contributed by atoms with E-state index in [1.165, 1.54) is 13.2 Å². The number of piperidine rings is 1.